The Balaban J connectivity index is 1.44. The maximum Gasteiger partial charge on any atom is 0.318 e. The van der Waals surface area contributed by atoms with Gasteiger partial charge >= 0.3 is 12.1 Å². The predicted molar refractivity (Wildman–Crippen MR) is 138 cm³/mol. The van der Waals surface area contributed by atoms with Crippen LogP contribution in [0, 0.1) is 0 Å². The third kappa shape index (κ3) is 5.23. The van der Waals surface area contributed by atoms with Crippen LogP contribution in [-0.2, 0) is 17.7 Å². The zero-order valence-corrected chi connectivity index (χ0v) is 21.0. The molecule has 1 aromatic carbocycles. The zero-order chi connectivity index (χ0) is 25.1. The normalized spacial score (nSPS) is 20.6. The molecule has 192 valence electrons. The van der Waals surface area contributed by atoms with Crippen LogP contribution in [0.15, 0.2) is 24.3 Å². The Hall–Kier alpha value is -3.40. The number of ether oxygens (including phenoxy) is 1. The van der Waals surface area contributed by atoms with E-state index < -0.39 is 0 Å². The fraction of sp³-hybridized carbons (Fsp3) is 0.538. The van der Waals surface area contributed by atoms with E-state index in [1.165, 1.54) is 0 Å². The summed E-state index contributed by atoms with van der Waals surface area (Å²) < 4.78 is 6.07. The summed E-state index contributed by atoms with van der Waals surface area (Å²) in [7, 11) is 1.58. The van der Waals surface area contributed by atoms with E-state index in [0.717, 1.165) is 67.8 Å². The fourth-order valence-electron chi connectivity index (χ4n) is 5.14. The molecule has 3 N–H and O–H groups in total. The lowest BCUT2D eigenvalue weighted by atomic mass is 10.0. The fourth-order valence-corrected chi connectivity index (χ4v) is 5.14. The number of carbonyl (C=O) groups is 2. The highest BCUT2D eigenvalue weighted by atomic mass is 16.5. The van der Waals surface area contributed by atoms with Gasteiger partial charge in [0.1, 0.15) is 5.82 Å². The molecule has 2 unspecified atom stereocenters. The number of anilines is 2. The molecule has 3 aliphatic heterocycles. The van der Waals surface area contributed by atoms with Crippen LogP contribution in [0.2, 0.25) is 0 Å². The van der Waals surface area contributed by atoms with E-state index in [9.17, 15) is 9.59 Å². The number of fused-ring (bicyclic) bond motifs is 3. The minimum atomic E-state index is -0.269. The highest BCUT2D eigenvalue weighted by Crippen LogP contribution is 2.34. The summed E-state index contributed by atoms with van der Waals surface area (Å²) in [5, 5.41) is 8.36. The molecule has 3 aliphatic rings. The van der Waals surface area contributed by atoms with Crippen molar-refractivity contribution in [1.82, 2.24) is 25.5 Å². The molecular formula is C26H35N7O3. The maximum absolute atomic E-state index is 12.8. The van der Waals surface area contributed by atoms with Gasteiger partial charge in [0.25, 0.3) is 0 Å². The predicted octanol–water partition coefficient (Wildman–Crippen LogP) is 3.13. The Morgan fingerprint density at radius 3 is 2.56 bits per heavy atom. The van der Waals surface area contributed by atoms with Crippen LogP contribution in [0.4, 0.5) is 21.1 Å². The molecule has 0 saturated carbocycles. The van der Waals surface area contributed by atoms with Crippen LogP contribution in [-0.4, -0.2) is 72.4 Å². The number of nitrogens with zero attached hydrogens (tertiary/aromatic N) is 4. The zero-order valence-electron chi connectivity index (χ0n) is 21.0. The molecule has 2 fully saturated rings. The highest BCUT2D eigenvalue weighted by molar-refractivity contribution is 5.89. The first kappa shape index (κ1) is 24.3. The molecule has 10 heteroatoms. The number of hydrogen-bond acceptors (Lipinski definition) is 6. The molecule has 1 aromatic heterocycles. The highest BCUT2D eigenvalue weighted by Gasteiger charge is 2.36. The maximum atomic E-state index is 12.8. The number of aromatic nitrogens is 2. The topological polar surface area (TPSA) is 112 Å². The molecule has 4 amide bonds. The summed E-state index contributed by atoms with van der Waals surface area (Å²) in [6.45, 7) is 5.57. The lowest BCUT2D eigenvalue weighted by molar-refractivity contribution is 0.0301. The Morgan fingerprint density at radius 1 is 1.11 bits per heavy atom. The average molecular weight is 494 g/mol. The first-order chi connectivity index (χ1) is 17.5. The van der Waals surface area contributed by atoms with Crippen molar-refractivity contribution >= 4 is 23.6 Å². The Labute approximate surface area is 211 Å². The molecule has 10 nitrogen and oxygen atoms in total. The van der Waals surface area contributed by atoms with E-state index in [-0.39, 0.29) is 24.3 Å². The third-order valence-electron chi connectivity index (χ3n) is 7.11. The van der Waals surface area contributed by atoms with Crippen molar-refractivity contribution in [2.75, 3.05) is 43.4 Å². The van der Waals surface area contributed by atoms with E-state index in [1.807, 2.05) is 29.2 Å². The molecule has 2 atom stereocenters. The summed E-state index contributed by atoms with van der Waals surface area (Å²) in [4.78, 5) is 38.6. The van der Waals surface area contributed by atoms with Crippen molar-refractivity contribution in [3.05, 3.63) is 35.5 Å². The van der Waals surface area contributed by atoms with Gasteiger partial charge in [0.05, 0.1) is 24.4 Å². The van der Waals surface area contributed by atoms with Crippen LogP contribution >= 0.6 is 0 Å². The Morgan fingerprint density at radius 2 is 1.86 bits per heavy atom. The minimum Gasteiger partial charge on any atom is -0.371 e. The van der Waals surface area contributed by atoms with Gasteiger partial charge in [-0.3, -0.25) is 0 Å². The van der Waals surface area contributed by atoms with Crippen molar-refractivity contribution in [3.63, 3.8) is 0 Å². The van der Waals surface area contributed by atoms with Gasteiger partial charge in [-0.05, 0) is 49.9 Å². The van der Waals surface area contributed by atoms with E-state index in [0.29, 0.717) is 31.1 Å². The van der Waals surface area contributed by atoms with E-state index in [4.69, 9.17) is 14.7 Å². The number of morpholine rings is 1. The number of amides is 4. The lowest BCUT2D eigenvalue weighted by Gasteiger charge is -2.36. The summed E-state index contributed by atoms with van der Waals surface area (Å²) in [6, 6.07) is 7.21. The Bertz CT molecular complexity index is 1100. The first-order valence-electron chi connectivity index (χ1n) is 13.0. The second-order valence-electron chi connectivity index (χ2n) is 9.70. The quantitative estimate of drug-likeness (QED) is 0.533. The van der Waals surface area contributed by atoms with E-state index >= 15 is 0 Å². The summed E-state index contributed by atoms with van der Waals surface area (Å²) in [5.41, 5.74) is 3.59. The van der Waals surface area contributed by atoms with Crippen LogP contribution in [0.25, 0.3) is 11.4 Å². The van der Waals surface area contributed by atoms with E-state index in [1.54, 1.807) is 7.05 Å². The van der Waals surface area contributed by atoms with E-state index in [2.05, 4.69) is 27.8 Å². The first-order valence-corrected chi connectivity index (χ1v) is 13.0. The number of unbranched alkanes of at least 4 members (excludes halogenated alkanes) is 1. The molecule has 4 heterocycles. The monoisotopic (exact) mass is 493 g/mol. The summed E-state index contributed by atoms with van der Waals surface area (Å²) >= 11 is 0. The third-order valence-corrected chi connectivity index (χ3v) is 7.11. The van der Waals surface area contributed by atoms with Crippen LogP contribution in [0.5, 0.6) is 0 Å². The largest absolute Gasteiger partial charge is 0.371 e. The standard InChI is InChI=1S/C26H35N7O3/c1-3-4-12-28-26(35)32-13-11-21-22(16-32)30-23(17-5-7-18(8-6-17)29-25(34)27-2)31-24(21)33-14-19-9-10-20(15-33)36-19/h5-8,19-20H,3-4,9-16H2,1-2H3,(H,28,35)(H2,27,29,34). The minimum absolute atomic E-state index is 0.0372. The number of urea groups is 2. The molecule has 0 aliphatic carbocycles. The second-order valence-corrected chi connectivity index (χ2v) is 9.70. The van der Waals surface area contributed by atoms with Crippen molar-refractivity contribution in [2.24, 2.45) is 0 Å². The number of nitrogens with one attached hydrogen (secondary N) is 3. The van der Waals surface area contributed by atoms with Gasteiger partial charge in [-0.1, -0.05) is 13.3 Å². The molecular weight excluding hydrogens is 458 g/mol. The molecule has 2 bridgehead atoms. The SMILES string of the molecule is CCCCNC(=O)N1CCc2c(nc(-c3ccc(NC(=O)NC)cc3)nc2N2CC3CCC(C2)O3)C1. The summed E-state index contributed by atoms with van der Waals surface area (Å²) in [6.07, 6.45) is 5.42. The molecule has 0 spiro atoms. The van der Waals surface area contributed by atoms with Crippen molar-refractivity contribution in [2.45, 2.75) is 57.8 Å². The smallest absolute Gasteiger partial charge is 0.318 e. The van der Waals surface area contributed by atoms with Crippen molar-refractivity contribution < 1.29 is 14.3 Å². The van der Waals surface area contributed by atoms with Crippen LogP contribution in [0.1, 0.15) is 43.9 Å². The van der Waals surface area contributed by atoms with Crippen LogP contribution < -0.4 is 20.9 Å². The van der Waals surface area contributed by atoms with Gasteiger partial charge in [0, 0.05) is 50.0 Å². The Kier molecular flexibility index (Phi) is 7.22. The van der Waals surface area contributed by atoms with Crippen molar-refractivity contribution in [3.8, 4) is 11.4 Å². The average Bonchev–Trinajstić information content (AvgIpc) is 3.25. The number of hydrogen-bond donors (Lipinski definition) is 3. The van der Waals surface area contributed by atoms with Crippen LogP contribution in [0.3, 0.4) is 0 Å². The second kappa shape index (κ2) is 10.7. The molecule has 5 rings (SSSR count). The van der Waals surface area contributed by atoms with Gasteiger partial charge in [0.15, 0.2) is 5.82 Å². The number of carbonyl (C=O) groups excluding carboxylic acids is 2. The molecule has 2 aromatic rings. The number of benzene rings is 1. The molecule has 0 radical (unpaired) electrons. The van der Waals surface area contributed by atoms with Gasteiger partial charge in [-0.15, -0.1) is 0 Å². The van der Waals surface area contributed by atoms with Gasteiger partial charge < -0.3 is 30.5 Å². The van der Waals surface area contributed by atoms with Crippen molar-refractivity contribution in [1.29, 1.82) is 0 Å². The summed E-state index contributed by atoms with van der Waals surface area (Å²) in [5.74, 6) is 1.59. The lowest BCUT2D eigenvalue weighted by Crippen LogP contribution is -2.46. The van der Waals surface area contributed by atoms with Gasteiger partial charge in [0.2, 0.25) is 0 Å². The number of rotatable bonds is 6. The van der Waals surface area contributed by atoms with Gasteiger partial charge in [-0.25, -0.2) is 19.6 Å². The molecule has 2 saturated heterocycles. The molecule has 36 heavy (non-hydrogen) atoms. The van der Waals surface area contributed by atoms with Gasteiger partial charge in [-0.2, -0.15) is 0 Å².